The smallest absolute Gasteiger partial charge is 0.305 e. The number of nitrogens with zero attached hydrogens (tertiary/aromatic N) is 1. The molecule has 1 aliphatic carbocycles. The lowest BCUT2D eigenvalue weighted by Gasteiger charge is -2.32. The SMILES string of the molecule is O=C1CCCCC=CC[C@H](CC(=O)N(CCO)Cc2ccccc2)C(=O)NC2(CCCC2)CO1. The lowest BCUT2D eigenvalue weighted by Crippen LogP contribution is -2.52. The van der Waals surface area contributed by atoms with Crippen LogP contribution in [0.2, 0.25) is 0 Å². The fraction of sp³-hybridized carbons (Fsp3) is 0.593. The number of carbonyl (C=O) groups is 3. The van der Waals surface area contributed by atoms with Gasteiger partial charge in [0.2, 0.25) is 11.8 Å². The van der Waals surface area contributed by atoms with Gasteiger partial charge in [-0.05, 0) is 44.1 Å². The second kappa shape index (κ2) is 13.3. The zero-order valence-electron chi connectivity index (χ0n) is 20.0. The zero-order valence-corrected chi connectivity index (χ0v) is 20.0. The van der Waals surface area contributed by atoms with Crippen LogP contribution in [0, 0.1) is 5.92 Å². The first-order chi connectivity index (χ1) is 16.5. The Morgan fingerprint density at radius 2 is 1.85 bits per heavy atom. The summed E-state index contributed by atoms with van der Waals surface area (Å²) in [4.78, 5) is 40.4. The minimum absolute atomic E-state index is 0.0683. The van der Waals surface area contributed by atoms with Gasteiger partial charge >= 0.3 is 5.97 Å². The molecule has 7 nitrogen and oxygen atoms in total. The quantitative estimate of drug-likeness (QED) is 0.490. The van der Waals surface area contributed by atoms with E-state index in [1.807, 2.05) is 42.5 Å². The normalized spacial score (nSPS) is 21.5. The van der Waals surface area contributed by atoms with Crippen LogP contribution in [0.25, 0.3) is 0 Å². The molecule has 1 spiro atoms. The van der Waals surface area contributed by atoms with Gasteiger partial charge in [-0.15, -0.1) is 0 Å². The first-order valence-electron chi connectivity index (χ1n) is 12.6. The van der Waals surface area contributed by atoms with E-state index in [0.717, 1.165) is 50.5 Å². The maximum atomic E-state index is 13.4. The summed E-state index contributed by atoms with van der Waals surface area (Å²) in [6, 6.07) is 9.64. The van der Waals surface area contributed by atoms with Gasteiger partial charge in [0.1, 0.15) is 6.61 Å². The summed E-state index contributed by atoms with van der Waals surface area (Å²) in [6.45, 7) is 0.671. The highest BCUT2D eigenvalue weighted by atomic mass is 16.5. The van der Waals surface area contributed by atoms with Gasteiger partial charge in [-0.3, -0.25) is 14.4 Å². The number of amides is 2. The molecule has 3 rings (SSSR count). The third-order valence-corrected chi connectivity index (χ3v) is 6.78. The Balaban J connectivity index is 1.73. The van der Waals surface area contributed by atoms with E-state index in [1.54, 1.807) is 4.90 Å². The van der Waals surface area contributed by atoms with Crippen molar-refractivity contribution in [1.29, 1.82) is 0 Å². The molecule has 0 unspecified atom stereocenters. The number of allylic oxidation sites excluding steroid dienone is 2. The number of aliphatic hydroxyl groups excluding tert-OH is 1. The molecule has 1 heterocycles. The van der Waals surface area contributed by atoms with Gasteiger partial charge in [-0.25, -0.2) is 0 Å². The molecule has 0 aromatic heterocycles. The Labute approximate surface area is 202 Å². The van der Waals surface area contributed by atoms with Crippen LogP contribution in [0.1, 0.15) is 69.8 Å². The molecule has 34 heavy (non-hydrogen) atoms. The molecule has 2 N–H and O–H groups in total. The predicted octanol–water partition coefficient (Wildman–Crippen LogP) is 3.51. The molecule has 1 aliphatic heterocycles. The fourth-order valence-corrected chi connectivity index (χ4v) is 4.76. The standard InChI is InChI=1S/C27H38N2O5/c30-18-17-29(20-22-11-5-4-6-12-22)24(31)19-23-13-7-2-1-3-8-14-25(32)34-21-27(28-26(23)33)15-9-10-16-27/h2,4-7,11-12,23,30H,1,3,8-10,13-21H2,(H,28,33)/t23-/m1/s1. The van der Waals surface area contributed by atoms with Crippen molar-refractivity contribution in [2.24, 2.45) is 5.92 Å². The van der Waals surface area contributed by atoms with Gasteiger partial charge < -0.3 is 20.1 Å². The predicted molar refractivity (Wildman–Crippen MR) is 130 cm³/mol. The van der Waals surface area contributed by atoms with E-state index in [2.05, 4.69) is 5.32 Å². The van der Waals surface area contributed by atoms with Gasteiger partial charge in [0.25, 0.3) is 0 Å². The molecule has 0 bridgehead atoms. The summed E-state index contributed by atoms with van der Waals surface area (Å²) < 4.78 is 5.55. The highest BCUT2D eigenvalue weighted by Crippen LogP contribution is 2.31. The molecular formula is C27H38N2O5. The van der Waals surface area contributed by atoms with Crippen LogP contribution in [-0.2, 0) is 25.7 Å². The number of rotatable bonds is 6. The topological polar surface area (TPSA) is 95.9 Å². The van der Waals surface area contributed by atoms with E-state index < -0.39 is 11.5 Å². The van der Waals surface area contributed by atoms with Gasteiger partial charge in [0.15, 0.2) is 0 Å². The van der Waals surface area contributed by atoms with Crippen LogP contribution in [0.5, 0.6) is 0 Å². The molecule has 0 radical (unpaired) electrons. The first-order valence-corrected chi connectivity index (χ1v) is 12.6. The Bertz CT molecular complexity index is 833. The average molecular weight is 471 g/mol. The molecule has 1 aromatic rings. The van der Waals surface area contributed by atoms with Crippen LogP contribution in [0.4, 0.5) is 0 Å². The second-order valence-corrected chi connectivity index (χ2v) is 9.52. The van der Waals surface area contributed by atoms with Crippen molar-refractivity contribution < 1.29 is 24.2 Å². The maximum Gasteiger partial charge on any atom is 0.305 e. The number of nitrogens with one attached hydrogen (secondary N) is 1. The lowest BCUT2D eigenvalue weighted by molar-refractivity contribution is -0.147. The van der Waals surface area contributed by atoms with Crippen molar-refractivity contribution in [3.05, 3.63) is 48.0 Å². The summed E-state index contributed by atoms with van der Waals surface area (Å²) in [5, 5.41) is 12.7. The van der Waals surface area contributed by atoms with Gasteiger partial charge in [-0.1, -0.05) is 55.3 Å². The molecular weight excluding hydrogens is 432 g/mol. The second-order valence-electron chi connectivity index (χ2n) is 9.52. The molecule has 0 saturated heterocycles. The van der Waals surface area contributed by atoms with Crippen molar-refractivity contribution in [2.75, 3.05) is 19.8 Å². The summed E-state index contributed by atoms with van der Waals surface area (Å²) in [5.74, 6) is -1.05. The number of hydrogen-bond donors (Lipinski definition) is 2. The monoisotopic (exact) mass is 470 g/mol. The number of aliphatic hydroxyl groups is 1. The number of benzene rings is 1. The molecule has 186 valence electrons. The van der Waals surface area contributed by atoms with Crippen molar-refractivity contribution in [3.8, 4) is 0 Å². The van der Waals surface area contributed by atoms with Crippen molar-refractivity contribution in [1.82, 2.24) is 10.2 Å². The van der Waals surface area contributed by atoms with Crippen LogP contribution in [-0.4, -0.2) is 53.1 Å². The highest BCUT2D eigenvalue weighted by molar-refractivity contribution is 5.86. The average Bonchev–Trinajstić information content (AvgIpc) is 3.29. The van der Waals surface area contributed by atoms with Crippen molar-refractivity contribution >= 4 is 17.8 Å². The van der Waals surface area contributed by atoms with Crippen molar-refractivity contribution in [3.63, 3.8) is 0 Å². The Morgan fingerprint density at radius 3 is 2.59 bits per heavy atom. The largest absolute Gasteiger partial charge is 0.463 e. The number of cyclic esters (lactones) is 1. The molecule has 1 saturated carbocycles. The Morgan fingerprint density at radius 1 is 1.09 bits per heavy atom. The number of hydrogen-bond acceptors (Lipinski definition) is 5. The fourth-order valence-electron chi connectivity index (χ4n) is 4.76. The first kappa shape index (κ1) is 25.9. The molecule has 1 fully saturated rings. The Kier molecular flexibility index (Phi) is 10.1. The van der Waals surface area contributed by atoms with Crippen molar-refractivity contribution in [2.45, 2.75) is 76.3 Å². The van der Waals surface area contributed by atoms with Gasteiger partial charge in [0.05, 0.1) is 18.1 Å². The van der Waals surface area contributed by atoms with Crippen LogP contribution >= 0.6 is 0 Å². The molecule has 1 atom stereocenters. The highest BCUT2D eigenvalue weighted by Gasteiger charge is 2.38. The lowest BCUT2D eigenvalue weighted by atomic mass is 9.93. The van der Waals surface area contributed by atoms with Crippen LogP contribution < -0.4 is 5.32 Å². The van der Waals surface area contributed by atoms with E-state index in [-0.39, 0.29) is 44.0 Å². The van der Waals surface area contributed by atoms with E-state index in [0.29, 0.717) is 19.4 Å². The summed E-state index contributed by atoms with van der Waals surface area (Å²) >= 11 is 0. The third-order valence-electron chi connectivity index (χ3n) is 6.78. The van der Waals surface area contributed by atoms with Crippen LogP contribution in [0.3, 0.4) is 0 Å². The molecule has 2 amide bonds. The third kappa shape index (κ3) is 7.97. The van der Waals surface area contributed by atoms with E-state index in [4.69, 9.17) is 4.74 Å². The minimum Gasteiger partial charge on any atom is -0.463 e. The maximum absolute atomic E-state index is 13.4. The zero-order chi connectivity index (χ0) is 24.2. The van der Waals surface area contributed by atoms with E-state index in [9.17, 15) is 19.5 Å². The summed E-state index contributed by atoms with van der Waals surface area (Å²) in [7, 11) is 0. The molecule has 7 heteroatoms. The number of ether oxygens (including phenoxy) is 1. The van der Waals surface area contributed by atoms with Gasteiger partial charge in [-0.2, -0.15) is 0 Å². The van der Waals surface area contributed by atoms with Gasteiger partial charge in [0, 0.05) is 25.9 Å². The van der Waals surface area contributed by atoms with E-state index >= 15 is 0 Å². The number of carbonyl (C=O) groups excluding carboxylic acids is 3. The van der Waals surface area contributed by atoms with Crippen LogP contribution in [0.15, 0.2) is 42.5 Å². The summed E-state index contributed by atoms with van der Waals surface area (Å²) in [5.41, 5.74) is 0.433. The number of esters is 1. The van der Waals surface area contributed by atoms with E-state index in [1.165, 1.54) is 0 Å². The molecule has 1 aromatic carbocycles. The minimum atomic E-state index is -0.545. The summed E-state index contributed by atoms with van der Waals surface area (Å²) in [6.07, 6.45) is 10.9. The molecule has 2 aliphatic rings. The Hall–Kier alpha value is -2.67.